The van der Waals surface area contributed by atoms with Crippen LogP contribution in [0.5, 0.6) is 0 Å². The molecule has 0 aromatic heterocycles. The van der Waals surface area contributed by atoms with Gasteiger partial charge < -0.3 is 99.2 Å². The monoisotopic (exact) mass is 1060 g/mol. The Hall–Kier alpha value is -2.04. The summed E-state index contributed by atoms with van der Waals surface area (Å²) in [5, 5.41) is 130. The number of carboxylic acid groups (broad SMARTS) is 1. The number of hydrogen-bond donors (Lipinski definition) is 12. The molecular formula is C52H82O22. The number of aliphatic hydroxyl groups is 11. The lowest BCUT2D eigenvalue weighted by Crippen LogP contribution is -2.68. The first-order valence-corrected chi connectivity index (χ1v) is 26.6. The van der Waals surface area contributed by atoms with E-state index < -0.39 is 164 Å². The van der Waals surface area contributed by atoms with Crippen LogP contribution in [0.15, 0.2) is 11.6 Å². The number of esters is 1. The average molecular weight is 1060 g/mol. The Morgan fingerprint density at radius 2 is 1.22 bits per heavy atom. The summed E-state index contributed by atoms with van der Waals surface area (Å²) in [7, 11) is 0. The van der Waals surface area contributed by atoms with Gasteiger partial charge in [0.05, 0.1) is 31.5 Å². The Morgan fingerprint density at radius 3 is 1.89 bits per heavy atom. The van der Waals surface area contributed by atoms with Crippen molar-refractivity contribution >= 4 is 11.9 Å². The van der Waals surface area contributed by atoms with E-state index in [9.17, 15) is 66.1 Å². The molecular weight excluding hydrogens is 977 g/mol. The number of carbonyl (C=O) groups is 2. The number of aliphatic hydroxyl groups excluding tert-OH is 11. The summed E-state index contributed by atoms with van der Waals surface area (Å²) in [5.74, 6) is -2.53. The molecule has 4 saturated heterocycles. The van der Waals surface area contributed by atoms with E-state index in [2.05, 4.69) is 54.5 Å². The zero-order valence-electron chi connectivity index (χ0n) is 43.6. The van der Waals surface area contributed by atoms with E-state index >= 15 is 4.79 Å². The van der Waals surface area contributed by atoms with Crippen LogP contribution < -0.4 is 0 Å². The standard InChI is InChI=1S/C52H82O22/c1-21-38(71-42-35(61)30(56)24(53)19-67-42)34(60)37(63)43(69-21)73-40-31(57)25(54)20-68-45(40)74-46(66)52-16-15-47(2,3)17-23(52)22-9-10-27-49(6)13-12-29(70-44-36(62)32(58)33(59)39(72-44)41(64)65)48(4,5)26(49)11-14-50(27,7)51(22,8)18-28(52)55/h9,21,23-40,42-45,53-63H,10-20H2,1-8H3,(H,64,65)/t21-,23-,24+,25+,26-,27+,28+,29-,30-,31-,32-,33-,34-,35+,36+,37+,38-,39-,40+,42-,43-,44+,45-,49-,50+,51+,52+/m0/s1. The molecule has 27 atom stereocenters. The number of allylic oxidation sites excluding steroid dienone is 2. The predicted octanol–water partition coefficient (Wildman–Crippen LogP) is -0.666. The van der Waals surface area contributed by atoms with Gasteiger partial charge in [0.1, 0.15) is 72.6 Å². The highest BCUT2D eigenvalue weighted by atomic mass is 16.8. The number of hydrogen-bond acceptors (Lipinski definition) is 21. The van der Waals surface area contributed by atoms with Gasteiger partial charge >= 0.3 is 11.9 Å². The summed E-state index contributed by atoms with van der Waals surface area (Å²) in [6.07, 6.45) is -23.4. The molecule has 0 unspecified atom stereocenters. The lowest BCUT2D eigenvalue weighted by atomic mass is 9.33. The Labute approximate surface area is 430 Å². The predicted molar refractivity (Wildman–Crippen MR) is 251 cm³/mol. The number of carboxylic acids is 1. The van der Waals surface area contributed by atoms with Crippen LogP contribution in [0.4, 0.5) is 0 Å². The van der Waals surface area contributed by atoms with Crippen LogP contribution in [0, 0.1) is 50.2 Å². The third kappa shape index (κ3) is 8.94. The van der Waals surface area contributed by atoms with Gasteiger partial charge in [-0.05, 0) is 110 Å². The molecule has 0 aromatic rings. The van der Waals surface area contributed by atoms with Crippen molar-refractivity contribution in [2.45, 2.75) is 236 Å². The van der Waals surface area contributed by atoms with Gasteiger partial charge in [0.2, 0.25) is 6.29 Å². The van der Waals surface area contributed by atoms with Crippen LogP contribution in [0.2, 0.25) is 0 Å². The largest absolute Gasteiger partial charge is 0.479 e. The molecule has 74 heavy (non-hydrogen) atoms. The van der Waals surface area contributed by atoms with Crippen LogP contribution in [-0.4, -0.2) is 209 Å². The smallest absolute Gasteiger partial charge is 0.335 e. The van der Waals surface area contributed by atoms with Gasteiger partial charge in [0.25, 0.3) is 0 Å². The highest BCUT2D eigenvalue weighted by molar-refractivity contribution is 5.80. The van der Waals surface area contributed by atoms with Gasteiger partial charge in [-0.1, -0.05) is 60.1 Å². The molecule has 0 amide bonds. The highest BCUT2D eigenvalue weighted by Crippen LogP contribution is 2.76. The topological polar surface area (TPSA) is 351 Å². The van der Waals surface area contributed by atoms with Crippen LogP contribution in [0.3, 0.4) is 0 Å². The molecule has 422 valence electrons. The summed E-state index contributed by atoms with van der Waals surface area (Å²) in [6.45, 7) is 16.0. The first kappa shape index (κ1) is 56.7. The average Bonchev–Trinajstić information content (AvgIpc) is 3.32. The van der Waals surface area contributed by atoms with Crippen LogP contribution in [0.25, 0.3) is 0 Å². The van der Waals surface area contributed by atoms with E-state index in [1.165, 1.54) is 6.92 Å². The normalized spacial score (nSPS) is 54.0. The van der Waals surface area contributed by atoms with Crippen molar-refractivity contribution in [2.24, 2.45) is 50.2 Å². The van der Waals surface area contributed by atoms with Crippen LogP contribution in [-0.2, 0) is 47.5 Å². The molecule has 9 rings (SSSR count). The zero-order chi connectivity index (χ0) is 54.2. The fraction of sp³-hybridized carbons (Fsp3) is 0.923. The summed E-state index contributed by atoms with van der Waals surface area (Å²) < 4.78 is 47.1. The fourth-order valence-corrected chi connectivity index (χ4v) is 16.0. The number of ether oxygens (including phenoxy) is 8. The van der Waals surface area contributed by atoms with Crippen LogP contribution >= 0.6 is 0 Å². The molecule has 0 aromatic carbocycles. The highest BCUT2D eigenvalue weighted by Gasteiger charge is 2.72. The quantitative estimate of drug-likeness (QED) is 0.0774. The van der Waals surface area contributed by atoms with Crippen molar-refractivity contribution in [3.63, 3.8) is 0 Å². The van der Waals surface area contributed by atoms with Gasteiger partial charge in [0, 0.05) is 0 Å². The Morgan fingerprint density at radius 1 is 0.608 bits per heavy atom. The Bertz CT molecular complexity index is 2110. The third-order valence-corrected chi connectivity index (χ3v) is 20.6. The maximum Gasteiger partial charge on any atom is 0.335 e. The molecule has 0 spiro atoms. The Balaban J connectivity index is 0.944. The van der Waals surface area contributed by atoms with Crippen molar-refractivity contribution in [3.05, 3.63) is 11.6 Å². The minimum absolute atomic E-state index is 0.0880. The van der Waals surface area contributed by atoms with E-state index in [1.54, 1.807) is 0 Å². The number of aliphatic carboxylic acids is 1. The molecule has 5 aliphatic carbocycles. The molecule has 8 fully saturated rings. The molecule has 4 saturated carbocycles. The van der Waals surface area contributed by atoms with Gasteiger partial charge in [-0.3, -0.25) is 4.79 Å². The maximum atomic E-state index is 15.3. The van der Waals surface area contributed by atoms with Gasteiger partial charge in [-0.25, -0.2) is 4.79 Å². The van der Waals surface area contributed by atoms with Crippen molar-refractivity contribution in [1.29, 1.82) is 0 Å². The lowest BCUT2D eigenvalue weighted by molar-refractivity contribution is -0.369. The van der Waals surface area contributed by atoms with E-state index in [4.69, 9.17) is 37.9 Å². The summed E-state index contributed by atoms with van der Waals surface area (Å²) in [6, 6.07) is 0. The minimum atomic E-state index is -1.88. The number of rotatable bonds is 9. The summed E-state index contributed by atoms with van der Waals surface area (Å²) >= 11 is 0. The third-order valence-electron chi connectivity index (χ3n) is 20.6. The first-order chi connectivity index (χ1) is 34.4. The van der Waals surface area contributed by atoms with Gasteiger partial charge in [-0.15, -0.1) is 0 Å². The molecule has 4 aliphatic heterocycles. The van der Waals surface area contributed by atoms with Crippen molar-refractivity contribution in [2.75, 3.05) is 13.2 Å². The van der Waals surface area contributed by atoms with Crippen molar-refractivity contribution < 1.29 is 109 Å². The van der Waals surface area contributed by atoms with Gasteiger partial charge in [0.15, 0.2) is 31.1 Å². The first-order valence-electron chi connectivity index (χ1n) is 26.6. The number of carbonyl (C=O) groups excluding carboxylic acids is 1. The molecule has 22 nitrogen and oxygen atoms in total. The molecule has 12 N–H and O–H groups in total. The maximum absolute atomic E-state index is 15.3. The van der Waals surface area contributed by atoms with Crippen molar-refractivity contribution in [1.82, 2.24) is 0 Å². The molecule has 4 heterocycles. The molecule has 0 bridgehead atoms. The second kappa shape index (κ2) is 19.9. The Kier molecular flexibility index (Phi) is 15.3. The second-order valence-corrected chi connectivity index (χ2v) is 25.5. The van der Waals surface area contributed by atoms with Crippen molar-refractivity contribution in [3.8, 4) is 0 Å². The molecule has 9 aliphatic rings. The molecule has 22 heteroatoms. The second-order valence-electron chi connectivity index (χ2n) is 25.5. The van der Waals surface area contributed by atoms with E-state index in [-0.39, 0.29) is 47.5 Å². The van der Waals surface area contributed by atoms with E-state index in [1.807, 2.05) is 0 Å². The zero-order valence-corrected chi connectivity index (χ0v) is 43.6. The SMILES string of the molecule is C[C@@H]1O[C@@H](O[C@H]2[C@H](OC(=O)[C@]34CCC(C)(C)C[C@H]3C3=CC[C@@H]5[C@@]6(C)CC[C@H](O[C@@H]7O[C@H](C(=O)O)[C@@H](O)[C@H](O)[C@H]7O)C(C)(C)[C@@H]6CC[C@@]5(C)[C@]3(C)C[C@H]4O)OC[C@@H](O)[C@@H]2O)[C@H](O)[C@H](O)[C@H]1O[C@@H]1OC[C@@H](O)[C@H](O)[C@H]1O. The fourth-order valence-electron chi connectivity index (χ4n) is 16.0. The number of fused-ring (bicyclic) bond motifs is 7. The summed E-state index contributed by atoms with van der Waals surface area (Å²) in [5.41, 5.74) is -2.35. The van der Waals surface area contributed by atoms with E-state index in [0.717, 1.165) is 18.4 Å². The van der Waals surface area contributed by atoms with E-state index in [0.29, 0.717) is 32.1 Å². The lowest BCUT2D eigenvalue weighted by Gasteiger charge is -2.71. The van der Waals surface area contributed by atoms with Gasteiger partial charge in [-0.2, -0.15) is 0 Å². The minimum Gasteiger partial charge on any atom is -0.479 e. The van der Waals surface area contributed by atoms with Crippen LogP contribution in [0.1, 0.15) is 113 Å². The molecule has 0 radical (unpaired) electrons. The summed E-state index contributed by atoms with van der Waals surface area (Å²) in [4.78, 5) is 27.2.